The lowest BCUT2D eigenvalue weighted by Crippen LogP contribution is -2.30. The fourth-order valence-electron chi connectivity index (χ4n) is 1.82. The molecular formula is C13H21FN2O2. The van der Waals surface area contributed by atoms with Gasteiger partial charge in [0.25, 0.3) is 0 Å². The minimum Gasteiger partial charge on any atom is -0.395 e. The van der Waals surface area contributed by atoms with Crippen molar-refractivity contribution in [1.29, 1.82) is 0 Å². The summed E-state index contributed by atoms with van der Waals surface area (Å²) in [5.74, 6) is -0.274. The number of halogens is 1. The SMILES string of the molecule is COCCN(CCO)Cc1cc(F)cc(CN)c1. The van der Waals surface area contributed by atoms with Crippen molar-refractivity contribution in [2.24, 2.45) is 5.73 Å². The van der Waals surface area contributed by atoms with Crippen molar-refractivity contribution >= 4 is 0 Å². The first kappa shape index (κ1) is 15.0. The lowest BCUT2D eigenvalue weighted by Gasteiger charge is -2.21. The maximum Gasteiger partial charge on any atom is 0.123 e. The van der Waals surface area contributed by atoms with Crippen LogP contribution < -0.4 is 5.73 Å². The molecule has 0 aromatic heterocycles. The fraction of sp³-hybridized carbons (Fsp3) is 0.538. The Bertz CT molecular complexity index is 361. The summed E-state index contributed by atoms with van der Waals surface area (Å²) < 4.78 is 18.4. The van der Waals surface area contributed by atoms with E-state index in [1.54, 1.807) is 7.11 Å². The van der Waals surface area contributed by atoms with Gasteiger partial charge in [-0.1, -0.05) is 6.07 Å². The first-order valence-electron chi connectivity index (χ1n) is 6.00. The minimum absolute atomic E-state index is 0.0722. The number of aliphatic hydroxyl groups excluding tert-OH is 1. The Labute approximate surface area is 107 Å². The molecule has 0 aliphatic carbocycles. The van der Waals surface area contributed by atoms with E-state index in [4.69, 9.17) is 15.6 Å². The molecule has 1 aromatic carbocycles. The van der Waals surface area contributed by atoms with E-state index in [-0.39, 0.29) is 12.4 Å². The molecule has 0 radical (unpaired) electrons. The van der Waals surface area contributed by atoms with Crippen LogP contribution in [0.1, 0.15) is 11.1 Å². The summed E-state index contributed by atoms with van der Waals surface area (Å²) in [6.45, 7) is 2.79. The van der Waals surface area contributed by atoms with Crippen LogP contribution in [0.4, 0.5) is 4.39 Å². The minimum atomic E-state index is -0.274. The van der Waals surface area contributed by atoms with Crippen LogP contribution in [0.5, 0.6) is 0 Å². The van der Waals surface area contributed by atoms with Crippen molar-refractivity contribution in [3.05, 3.63) is 35.1 Å². The smallest absolute Gasteiger partial charge is 0.123 e. The number of nitrogens with zero attached hydrogens (tertiary/aromatic N) is 1. The Morgan fingerprint density at radius 3 is 2.61 bits per heavy atom. The number of aliphatic hydroxyl groups is 1. The van der Waals surface area contributed by atoms with Crippen LogP contribution in [0.3, 0.4) is 0 Å². The molecule has 102 valence electrons. The first-order valence-corrected chi connectivity index (χ1v) is 6.00. The summed E-state index contributed by atoms with van der Waals surface area (Å²) in [5, 5.41) is 8.99. The van der Waals surface area contributed by atoms with Crippen molar-refractivity contribution in [3.63, 3.8) is 0 Å². The van der Waals surface area contributed by atoms with Crippen LogP contribution in [0.15, 0.2) is 18.2 Å². The summed E-state index contributed by atoms with van der Waals surface area (Å²) in [7, 11) is 1.63. The van der Waals surface area contributed by atoms with Crippen molar-refractivity contribution in [1.82, 2.24) is 4.90 Å². The molecule has 4 nitrogen and oxygen atoms in total. The predicted octanol–water partition coefficient (Wildman–Crippen LogP) is 0.725. The van der Waals surface area contributed by atoms with Gasteiger partial charge < -0.3 is 15.6 Å². The van der Waals surface area contributed by atoms with Gasteiger partial charge in [0.15, 0.2) is 0 Å². The molecular weight excluding hydrogens is 235 g/mol. The van der Waals surface area contributed by atoms with Crippen LogP contribution in [-0.2, 0) is 17.8 Å². The second-order valence-corrected chi connectivity index (χ2v) is 4.16. The molecule has 0 aliphatic heterocycles. The lowest BCUT2D eigenvalue weighted by atomic mass is 10.1. The van der Waals surface area contributed by atoms with Gasteiger partial charge in [0.1, 0.15) is 5.82 Å². The largest absolute Gasteiger partial charge is 0.395 e. The van der Waals surface area contributed by atoms with E-state index in [1.165, 1.54) is 12.1 Å². The maximum absolute atomic E-state index is 13.4. The Kier molecular flexibility index (Phi) is 6.82. The highest BCUT2D eigenvalue weighted by molar-refractivity contribution is 5.24. The molecule has 0 amide bonds. The van der Waals surface area contributed by atoms with Crippen LogP contribution in [0.25, 0.3) is 0 Å². The van der Waals surface area contributed by atoms with E-state index in [1.807, 2.05) is 11.0 Å². The lowest BCUT2D eigenvalue weighted by molar-refractivity contribution is 0.127. The molecule has 3 N–H and O–H groups in total. The molecule has 0 unspecified atom stereocenters. The van der Waals surface area contributed by atoms with Crippen molar-refractivity contribution < 1.29 is 14.2 Å². The maximum atomic E-state index is 13.4. The number of nitrogens with two attached hydrogens (primary N) is 1. The monoisotopic (exact) mass is 256 g/mol. The second-order valence-electron chi connectivity index (χ2n) is 4.16. The molecule has 1 rings (SSSR count). The highest BCUT2D eigenvalue weighted by Crippen LogP contribution is 2.11. The van der Waals surface area contributed by atoms with Crippen molar-refractivity contribution in [3.8, 4) is 0 Å². The van der Waals surface area contributed by atoms with E-state index in [9.17, 15) is 4.39 Å². The average molecular weight is 256 g/mol. The third-order valence-electron chi connectivity index (χ3n) is 2.69. The van der Waals surface area contributed by atoms with Crippen LogP contribution in [-0.4, -0.2) is 43.4 Å². The zero-order chi connectivity index (χ0) is 13.4. The fourth-order valence-corrected chi connectivity index (χ4v) is 1.82. The summed E-state index contributed by atoms with van der Waals surface area (Å²) in [5.41, 5.74) is 7.16. The van der Waals surface area contributed by atoms with Gasteiger partial charge in [-0.3, -0.25) is 4.90 Å². The summed E-state index contributed by atoms with van der Waals surface area (Å²) in [6, 6.07) is 4.83. The Morgan fingerprint density at radius 2 is 2.00 bits per heavy atom. The predicted molar refractivity (Wildman–Crippen MR) is 68.5 cm³/mol. The molecule has 18 heavy (non-hydrogen) atoms. The van der Waals surface area contributed by atoms with Crippen LogP contribution in [0.2, 0.25) is 0 Å². The van der Waals surface area contributed by atoms with Gasteiger partial charge in [-0.05, 0) is 23.3 Å². The van der Waals surface area contributed by atoms with Crippen LogP contribution in [0, 0.1) is 5.82 Å². The summed E-state index contributed by atoms with van der Waals surface area (Å²) >= 11 is 0. The molecule has 0 atom stereocenters. The van der Waals surface area contributed by atoms with Gasteiger partial charge in [-0.2, -0.15) is 0 Å². The topological polar surface area (TPSA) is 58.7 Å². The van der Waals surface area contributed by atoms with Crippen LogP contribution >= 0.6 is 0 Å². The number of benzene rings is 1. The molecule has 5 heteroatoms. The third-order valence-corrected chi connectivity index (χ3v) is 2.69. The highest BCUT2D eigenvalue weighted by Gasteiger charge is 2.07. The Hall–Kier alpha value is -1.01. The molecule has 0 saturated carbocycles. The molecule has 0 spiro atoms. The molecule has 0 heterocycles. The Morgan fingerprint density at radius 1 is 1.28 bits per heavy atom. The zero-order valence-corrected chi connectivity index (χ0v) is 10.7. The number of ether oxygens (including phenoxy) is 1. The number of rotatable bonds is 8. The van der Waals surface area contributed by atoms with Gasteiger partial charge in [0, 0.05) is 33.3 Å². The zero-order valence-electron chi connectivity index (χ0n) is 10.7. The van der Waals surface area contributed by atoms with E-state index in [0.717, 1.165) is 11.1 Å². The number of hydrogen-bond acceptors (Lipinski definition) is 4. The van der Waals surface area contributed by atoms with Gasteiger partial charge in [-0.15, -0.1) is 0 Å². The summed E-state index contributed by atoms with van der Waals surface area (Å²) in [6.07, 6.45) is 0. The average Bonchev–Trinajstić information content (AvgIpc) is 2.35. The van der Waals surface area contributed by atoms with Gasteiger partial charge >= 0.3 is 0 Å². The van der Waals surface area contributed by atoms with Gasteiger partial charge in [0.2, 0.25) is 0 Å². The van der Waals surface area contributed by atoms with Crippen molar-refractivity contribution in [2.75, 3.05) is 33.4 Å². The summed E-state index contributed by atoms with van der Waals surface area (Å²) in [4.78, 5) is 2.01. The van der Waals surface area contributed by atoms with E-state index < -0.39 is 0 Å². The van der Waals surface area contributed by atoms with E-state index >= 15 is 0 Å². The first-order chi connectivity index (χ1) is 8.69. The van der Waals surface area contributed by atoms with E-state index in [2.05, 4.69) is 0 Å². The molecule has 0 saturated heterocycles. The normalized spacial score (nSPS) is 11.2. The number of methoxy groups -OCH3 is 1. The van der Waals surface area contributed by atoms with Crippen molar-refractivity contribution in [2.45, 2.75) is 13.1 Å². The van der Waals surface area contributed by atoms with Gasteiger partial charge in [0.05, 0.1) is 13.2 Å². The third kappa shape index (κ3) is 5.10. The molecule has 1 aromatic rings. The van der Waals surface area contributed by atoms with Gasteiger partial charge in [-0.25, -0.2) is 4.39 Å². The highest BCUT2D eigenvalue weighted by atomic mass is 19.1. The standard InChI is InChI=1S/C13H21FN2O2/c1-18-5-3-16(2-4-17)10-12-6-11(9-15)7-13(14)8-12/h6-8,17H,2-5,9-10,15H2,1H3. The van der Waals surface area contributed by atoms with E-state index in [0.29, 0.717) is 32.8 Å². The second kappa shape index (κ2) is 8.16. The quantitative estimate of drug-likeness (QED) is 0.720. The molecule has 0 bridgehead atoms. The molecule has 0 fully saturated rings. The number of hydrogen-bond donors (Lipinski definition) is 2. The molecule has 0 aliphatic rings. The Balaban J connectivity index is 2.69.